The van der Waals surface area contributed by atoms with Crippen LogP contribution in [0.4, 0.5) is 18.0 Å². The molecular weight excluding hydrogens is 279 g/mol. The summed E-state index contributed by atoms with van der Waals surface area (Å²) in [5.41, 5.74) is -0.490. The van der Waals surface area contributed by atoms with Gasteiger partial charge >= 0.3 is 12.3 Å². The molecule has 0 heterocycles. The largest absolute Gasteiger partial charge is 0.465 e. The number of aliphatic hydroxyl groups excluding tert-OH is 1. The monoisotopic (exact) mass is 293 g/mol. The van der Waals surface area contributed by atoms with Gasteiger partial charge in [0.25, 0.3) is 0 Å². The summed E-state index contributed by atoms with van der Waals surface area (Å²) in [4.78, 5) is 10.6. The van der Waals surface area contributed by atoms with Crippen molar-refractivity contribution in [2.75, 3.05) is 13.7 Å². The average molecular weight is 293 g/mol. The first kappa shape index (κ1) is 16.3. The fourth-order valence-electron chi connectivity index (χ4n) is 1.77. The van der Waals surface area contributed by atoms with E-state index in [2.05, 4.69) is 0 Å². The number of carbonyl (C=O) groups is 1. The van der Waals surface area contributed by atoms with E-state index >= 15 is 0 Å². The van der Waals surface area contributed by atoms with E-state index in [0.29, 0.717) is 5.56 Å². The molecule has 0 saturated carbocycles. The van der Waals surface area contributed by atoms with Gasteiger partial charge in [0, 0.05) is 7.11 Å². The molecule has 3 N–H and O–H groups in total. The third kappa shape index (κ3) is 4.10. The van der Waals surface area contributed by atoms with Crippen LogP contribution in [0.15, 0.2) is 24.3 Å². The maximum absolute atomic E-state index is 12.4. The highest BCUT2D eigenvalue weighted by molar-refractivity contribution is 5.65. The summed E-state index contributed by atoms with van der Waals surface area (Å²) in [5.74, 6) is 0. The van der Waals surface area contributed by atoms with Crippen LogP contribution in [0.5, 0.6) is 0 Å². The maximum atomic E-state index is 12.4. The van der Waals surface area contributed by atoms with Crippen molar-refractivity contribution in [1.82, 2.24) is 5.32 Å². The standard InChI is InChI=1S/C12H14F3NO4/c1-20-10(9(6-17)16-11(18)19)7-2-4-8(5-3-7)12(13,14)15/h2-5,9-10,16-17H,6H2,1H3,(H,18,19)/t9-,10-/m1/s1. The van der Waals surface area contributed by atoms with Crippen LogP contribution in [0.1, 0.15) is 17.2 Å². The van der Waals surface area contributed by atoms with Crippen molar-refractivity contribution in [2.24, 2.45) is 0 Å². The summed E-state index contributed by atoms with van der Waals surface area (Å²) in [7, 11) is 1.27. The Kier molecular flexibility index (Phi) is 5.34. The summed E-state index contributed by atoms with van der Waals surface area (Å²) < 4.78 is 42.4. The van der Waals surface area contributed by atoms with E-state index in [-0.39, 0.29) is 0 Å². The Hall–Kier alpha value is -1.80. The quantitative estimate of drug-likeness (QED) is 0.776. The van der Waals surface area contributed by atoms with Crippen LogP contribution in [-0.4, -0.2) is 36.1 Å². The molecule has 0 aliphatic rings. The van der Waals surface area contributed by atoms with Crippen LogP contribution in [0.2, 0.25) is 0 Å². The molecule has 0 aromatic heterocycles. The Morgan fingerprint density at radius 2 is 1.90 bits per heavy atom. The summed E-state index contributed by atoms with van der Waals surface area (Å²) in [5, 5.41) is 19.8. The van der Waals surface area contributed by atoms with Crippen LogP contribution in [0, 0.1) is 0 Å². The lowest BCUT2D eigenvalue weighted by Gasteiger charge is -2.24. The molecule has 1 aromatic carbocycles. The summed E-state index contributed by atoms with van der Waals surface area (Å²) in [6.07, 6.45) is -6.70. The van der Waals surface area contributed by atoms with Crippen molar-refractivity contribution in [3.05, 3.63) is 35.4 Å². The number of rotatable bonds is 5. The third-order valence-corrected chi connectivity index (χ3v) is 2.69. The molecule has 0 spiro atoms. The molecule has 0 radical (unpaired) electrons. The molecule has 20 heavy (non-hydrogen) atoms. The fourth-order valence-corrected chi connectivity index (χ4v) is 1.77. The zero-order chi connectivity index (χ0) is 15.3. The van der Waals surface area contributed by atoms with Crippen molar-refractivity contribution in [2.45, 2.75) is 18.3 Å². The molecule has 0 aliphatic heterocycles. The van der Waals surface area contributed by atoms with Gasteiger partial charge in [0.2, 0.25) is 0 Å². The van der Waals surface area contributed by atoms with E-state index in [9.17, 15) is 18.0 Å². The molecule has 0 fully saturated rings. The lowest BCUT2D eigenvalue weighted by atomic mass is 10.0. The molecule has 0 saturated heterocycles. The van der Waals surface area contributed by atoms with E-state index in [1.54, 1.807) is 0 Å². The van der Waals surface area contributed by atoms with Crippen molar-refractivity contribution < 1.29 is 32.9 Å². The van der Waals surface area contributed by atoms with Crippen molar-refractivity contribution in [1.29, 1.82) is 0 Å². The fraction of sp³-hybridized carbons (Fsp3) is 0.417. The van der Waals surface area contributed by atoms with Crippen LogP contribution >= 0.6 is 0 Å². The number of ether oxygens (including phenoxy) is 1. The molecule has 0 bridgehead atoms. The minimum absolute atomic E-state index is 0.327. The second kappa shape index (κ2) is 6.58. The molecule has 0 unspecified atom stereocenters. The van der Waals surface area contributed by atoms with Gasteiger partial charge < -0.3 is 20.3 Å². The normalized spacial score (nSPS) is 14.7. The highest BCUT2D eigenvalue weighted by atomic mass is 19.4. The van der Waals surface area contributed by atoms with Gasteiger partial charge in [0.15, 0.2) is 0 Å². The molecule has 0 aliphatic carbocycles. The molecule has 5 nitrogen and oxygen atoms in total. The van der Waals surface area contributed by atoms with E-state index in [1.165, 1.54) is 19.2 Å². The summed E-state index contributed by atoms with van der Waals surface area (Å²) in [6.45, 7) is -0.550. The van der Waals surface area contributed by atoms with E-state index in [4.69, 9.17) is 14.9 Å². The Morgan fingerprint density at radius 1 is 1.35 bits per heavy atom. The van der Waals surface area contributed by atoms with Gasteiger partial charge in [-0.05, 0) is 17.7 Å². The molecular formula is C12H14F3NO4. The summed E-state index contributed by atoms with van der Waals surface area (Å²) in [6, 6.07) is 3.13. The highest BCUT2D eigenvalue weighted by Crippen LogP contribution is 2.30. The number of alkyl halides is 3. The van der Waals surface area contributed by atoms with Crippen LogP contribution < -0.4 is 5.32 Å². The molecule has 1 amide bonds. The second-order valence-corrected chi connectivity index (χ2v) is 4.01. The summed E-state index contributed by atoms with van der Waals surface area (Å²) >= 11 is 0. The minimum atomic E-state index is -4.45. The Balaban J connectivity index is 2.97. The van der Waals surface area contributed by atoms with Gasteiger partial charge in [0.05, 0.1) is 18.2 Å². The molecule has 8 heteroatoms. The van der Waals surface area contributed by atoms with Gasteiger partial charge in [-0.1, -0.05) is 12.1 Å². The van der Waals surface area contributed by atoms with Gasteiger partial charge in [-0.3, -0.25) is 0 Å². The lowest BCUT2D eigenvalue weighted by molar-refractivity contribution is -0.137. The Morgan fingerprint density at radius 3 is 2.25 bits per heavy atom. The number of benzene rings is 1. The first-order valence-electron chi connectivity index (χ1n) is 5.60. The van der Waals surface area contributed by atoms with Gasteiger partial charge in [-0.15, -0.1) is 0 Å². The van der Waals surface area contributed by atoms with Crippen LogP contribution in [-0.2, 0) is 10.9 Å². The smallest absolute Gasteiger partial charge is 0.416 e. The molecule has 1 rings (SSSR count). The second-order valence-electron chi connectivity index (χ2n) is 4.01. The first-order valence-corrected chi connectivity index (χ1v) is 5.60. The Labute approximate surface area is 113 Å². The SMILES string of the molecule is CO[C@H](c1ccc(C(F)(F)F)cc1)[C@@H](CO)NC(=O)O. The number of halogens is 3. The number of nitrogens with one attached hydrogen (secondary N) is 1. The lowest BCUT2D eigenvalue weighted by Crippen LogP contribution is -2.41. The molecule has 1 aromatic rings. The van der Waals surface area contributed by atoms with Crippen LogP contribution in [0.25, 0.3) is 0 Å². The number of hydrogen-bond acceptors (Lipinski definition) is 3. The predicted octanol–water partition coefficient (Wildman–Crippen LogP) is 2.02. The topological polar surface area (TPSA) is 78.8 Å². The third-order valence-electron chi connectivity index (χ3n) is 2.69. The molecule has 112 valence electrons. The Bertz CT molecular complexity index is 447. The maximum Gasteiger partial charge on any atom is 0.416 e. The number of hydrogen-bond donors (Lipinski definition) is 3. The molecule has 2 atom stereocenters. The van der Waals surface area contributed by atoms with Crippen molar-refractivity contribution in [3.63, 3.8) is 0 Å². The minimum Gasteiger partial charge on any atom is -0.465 e. The zero-order valence-electron chi connectivity index (χ0n) is 10.5. The number of amides is 1. The van der Waals surface area contributed by atoms with Gasteiger partial charge in [0.1, 0.15) is 6.10 Å². The van der Waals surface area contributed by atoms with Crippen LogP contribution in [0.3, 0.4) is 0 Å². The number of methoxy groups -OCH3 is 1. The number of aliphatic hydroxyl groups is 1. The number of carboxylic acid groups (broad SMARTS) is 1. The van der Waals surface area contributed by atoms with E-state index in [1.807, 2.05) is 5.32 Å². The van der Waals surface area contributed by atoms with Gasteiger partial charge in [-0.25, -0.2) is 4.79 Å². The van der Waals surface area contributed by atoms with E-state index < -0.39 is 36.6 Å². The highest BCUT2D eigenvalue weighted by Gasteiger charge is 2.31. The zero-order valence-corrected chi connectivity index (χ0v) is 10.5. The van der Waals surface area contributed by atoms with Crippen molar-refractivity contribution in [3.8, 4) is 0 Å². The average Bonchev–Trinajstić information content (AvgIpc) is 2.37. The van der Waals surface area contributed by atoms with Gasteiger partial charge in [-0.2, -0.15) is 13.2 Å². The van der Waals surface area contributed by atoms with Crippen molar-refractivity contribution >= 4 is 6.09 Å². The first-order chi connectivity index (χ1) is 9.29. The predicted molar refractivity (Wildman–Crippen MR) is 63.2 cm³/mol. The van der Waals surface area contributed by atoms with E-state index in [0.717, 1.165) is 12.1 Å².